The number of nitro groups is 1. The Morgan fingerprint density at radius 1 is 0.848 bits per heavy atom. The van der Waals surface area contributed by atoms with Gasteiger partial charge in [0.25, 0.3) is 17.5 Å². The Hall–Kier alpha value is -3.97. The zero-order valence-electron chi connectivity index (χ0n) is 18.2. The summed E-state index contributed by atoms with van der Waals surface area (Å²) in [6.07, 6.45) is 0. The number of amides is 2. The Kier molecular flexibility index (Phi) is 5.74. The number of carbonyl (C=O) groups excluding carboxylic acids is 2. The first-order chi connectivity index (χ1) is 15.7. The highest BCUT2D eigenvalue weighted by atomic mass is 35.5. The normalized spacial score (nSPS) is 13.6. The summed E-state index contributed by atoms with van der Waals surface area (Å²) in [5, 5.41) is 14.6. The third kappa shape index (κ3) is 4.10. The van der Waals surface area contributed by atoms with Gasteiger partial charge in [-0.15, -0.1) is 0 Å². The van der Waals surface area contributed by atoms with Crippen molar-refractivity contribution in [2.24, 2.45) is 0 Å². The molecule has 0 spiro atoms. The van der Waals surface area contributed by atoms with Gasteiger partial charge in [0.2, 0.25) is 0 Å². The van der Waals surface area contributed by atoms with Crippen LogP contribution in [0.1, 0.15) is 22.3 Å². The summed E-state index contributed by atoms with van der Waals surface area (Å²) in [7, 11) is 0. The number of nitrogens with zero attached hydrogens (tertiary/aromatic N) is 2. The van der Waals surface area contributed by atoms with E-state index in [0.29, 0.717) is 22.0 Å². The molecule has 0 aromatic heterocycles. The number of non-ortho nitro benzene ring substituents is 1. The van der Waals surface area contributed by atoms with Crippen molar-refractivity contribution >= 4 is 46.1 Å². The highest BCUT2D eigenvalue weighted by Crippen LogP contribution is 2.35. The van der Waals surface area contributed by atoms with E-state index in [-0.39, 0.29) is 17.0 Å². The topological polar surface area (TPSA) is 92.6 Å². The average Bonchev–Trinajstić information content (AvgIpc) is 3.02. The molecule has 0 fully saturated rings. The second-order valence-corrected chi connectivity index (χ2v) is 8.26. The molecule has 1 aliphatic rings. The summed E-state index contributed by atoms with van der Waals surface area (Å²) in [6, 6.07) is 16.1. The number of hydrogen-bond donors (Lipinski definition) is 1. The van der Waals surface area contributed by atoms with Crippen LogP contribution in [0.15, 0.2) is 66.4 Å². The molecule has 0 saturated heterocycles. The highest BCUT2D eigenvalue weighted by Gasteiger charge is 2.40. The van der Waals surface area contributed by atoms with E-state index in [2.05, 4.69) is 5.32 Å². The van der Waals surface area contributed by atoms with Crippen molar-refractivity contribution in [2.75, 3.05) is 10.2 Å². The van der Waals surface area contributed by atoms with Crippen LogP contribution in [0.4, 0.5) is 17.1 Å². The SMILES string of the molecule is Cc1ccc(N2C(=O)C(Nc3ccc(C)c(Cl)c3)=C(c3ccc([N+](=O)[O-])cc3)C2=O)cc1C. The van der Waals surface area contributed by atoms with Gasteiger partial charge in [0.15, 0.2) is 0 Å². The second-order valence-electron chi connectivity index (χ2n) is 7.86. The van der Waals surface area contributed by atoms with Crippen LogP contribution in [0, 0.1) is 30.9 Å². The molecule has 2 amide bonds. The summed E-state index contributed by atoms with van der Waals surface area (Å²) in [5.41, 5.74) is 4.34. The lowest BCUT2D eigenvalue weighted by Gasteiger charge is -2.17. The van der Waals surface area contributed by atoms with Gasteiger partial charge >= 0.3 is 0 Å². The first-order valence-corrected chi connectivity index (χ1v) is 10.5. The highest BCUT2D eigenvalue weighted by molar-refractivity contribution is 6.46. The van der Waals surface area contributed by atoms with Gasteiger partial charge < -0.3 is 5.32 Å². The van der Waals surface area contributed by atoms with Gasteiger partial charge in [-0.3, -0.25) is 19.7 Å². The first kappa shape index (κ1) is 22.2. The van der Waals surface area contributed by atoms with E-state index in [1.165, 1.54) is 24.3 Å². The number of nitrogens with one attached hydrogen (secondary N) is 1. The predicted octanol–water partition coefficient (Wildman–Crippen LogP) is 5.57. The van der Waals surface area contributed by atoms with Crippen LogP contribution in [0.25, 0.3) is 5.57 Å². The summed E-state index contributed by atoms with van der Waals surface area (Å²) in [5.74, 6) is -1.04. The monoisotopic (exact) mass is 461 g/mol. The van der Waals surface area contributed by atoms with Crippen molar-refractivity contribution in [2.45, 2.75) is 20.8 Å². The van der Waals surface area contributed by atoms with Gasteiger partial charge in [-0.2, -0.15) is 0 Å². The van der Waals surface area contributed by atoms with Gasteiger partial charge in [0.05, 0.1) is 16.2 Å². The molecule has 0 unspecified atom stereocenters. The van der Waals surface area contributed by atoms with Crippen molar-refractivity contribution in [1.29, 1.82) is 0 Å². The Balaban J connectivity index is 1.83. The van der Waals surface area contributed by atoms with E-state index in [0.717, 1.165) is 21.6 Å². The molecule has 0 radical (unpaired) electrons. The van der Waals surface area contributed by atoms with Gasteiger partial charge in [-0.05, 0) is 79.4 Å². The molecule has 1 heterocycles. The summed E-state index contributed by atoms with van der Waals surface area (Å²) in [4.78, 5) is 38.6. The molecule has 0 atom stereocenters. The molecule has 0 aliphatic carbocycles. The third-order valence-corrected chi connectivity index (χ3v) is 6.05. The molecule has 3 aromatic carbocycles. The van der Waals surface area contributed by atoms with Crippen LogP contribution in [-0.2, 0) is 9.59 Å². The minimum Gasteiger partial charge on any atom is -0.350 e. The second kappa shape index (κ2) is 8.52. The number of aryl methyl sites for hydroxylation is 3. The minimum absolute atomic E-state index is 0.0759. The Morgan fingerprint density at radius 2 is 1.52 bits per heavy atom. The molecule has 1 aliphatic heterocycles. The Bertz CT molecular complexity index is 1350. The number of benzene rings is 3. The maximum Gasteiger partial charge on any atom is 0.282 e. The van der Waals surface area contributed by atoms with E-state index in [4.69, 9.17) is 11.6 Å². The van der Waals surface area contributed by atoms with Gasteiger partial charge in [-0.25, -0.2) is 4.90 Å². The molecule has 166 valence electrons. The molecule has 7 nitrogen and oxygen atoms in total. The fraction of sp³-hybridized carbons (Fsp3) is 0.120. The van der Waals surface area contributed by atoms with Gasteiger partial charge in [-0.1, -0.05) is 23.7 Å². The zero-order valence-corrected chi connectivity index (χ0v) is 18.9. The van der Waals surface area contributed by atoms with Crippen LogP contribution in [0.5, 0.6) is 0 Å². The molecule has 1 N–H and O–H groups in total. The van der Waals surface area contributed by atoms with E-state index >= 15 is 0 Å². The van der Waals surface area contributed by atoms with E-state index in [1.807, 2.05) is 26.8 Å². The van der Waals surface area contributed by atoms with Crippen molar-refractivity contribution in [3.63, 3.8) is 0 Å². The smallest absolute Gasteiger partial charge is 0.282 e. The number of carbonyl (C=O) groups is 2. The van der Waals surface area contributed by atoms with E-state index in [1.54, 1.807) is 30.3 Å². The molecular weight excluding hydrogens is 442 g/mol. The maximum absolute atomic E-state index is 13.5. The maximum atomic E-state index is 13.5. The number of anilines is 2. The van der Waals surface area contributed by atoms with Crippen LogP contribution in [0.2, 0.25) is 5.02 Å². The predicted molar refractivity (Wildman–Crippen MR) is 128 cm³/mol. The molecule has 3 aromatic rings. The van der Waals surface area contributed by atoms with Crippen molar-refractivity contribution in [3.05, 3.63) is 104 Å². The summed E-state index contributed by atoms with van der Waals surface area (Å²) in [6.45, 7) is 5.71. The molecular formula is C25H20ClN3O4. The molecule has 0 saturated carbocycles. The zero-order chi connectivity index (χ0) is 23.9. The lowest BCUT2D eigenvalue weighted by atomic mass is 10.0. The quantitative estimate of drug-likeness (QED) is 0.304. The van der Waals surface area contributed by atoms with Crippen molar-refractivity contribution in [3.8, 4) is 0 Å². The lowest BCUT2D eigenvalue weighted by Crippen LogP contribution is -2.32. The van der Waals surface area contributed by atoms with Crippen molar-refractivity contribution < 1.29 is 14.5 Å². The summed E-state index contributed by atoms with van der Waals surface area (Å²) < 4.78 is 0. The van der Waals surface area contributed by atoms with Gasteiger partial charge in [0, 0.05) is 22.8 Å². The molecule has 33 heavy (non-hydrogen) atoms. The first-order valence-electron chi connectivity index (χ1n) is 10.2. The fourth-order valence-corrected chi connectivity index (χ4v) is 3.76. The number of hydrogen-bond acceptors (Lipinski definition) is 5. The van der Waals surface area contributed by atoms with Crippen LogP contribution in [0.3, 0.4) is 0 Å². The third-order valence-electron chi connectivity index (χ3n) is 5.64. The van der Waals surface area contributed by atoms with Crippen molar-refractivity contribution in [1.82, 2.24) is 0 Å². The Morgan fingerprint density at radius 3 is 2.12 bits per heavy atom. The number of halogens is 1. The number of rotatable bonds is 5. The number of nitro benzene ring substituents is 1. The lowest BCUT2D eigenvalue weighted by molar-refractivity contribution is -0.384. The minimum atomic E-state index is -0.520. The molecule has 8 heteroatoms. The standard InChI is InChI=1S/C25H20ClN3O4/c1-14-5-9-20(12-16(14)3)28-24(30)22(17-6-10-19(11-7-17)29(32)33)23(25(28)31)27-18-8-4-15(2)21(26)13-18/h4-13,27H,1-3H3. The number of imide groups is 1. The average molecular weight is 462 g/mol. The summed E-state index contributed by atoms with van der Waals surface area (Å²) >= 11 is 6.24. The van der Waals surface area contributed by atoms with Crippen LogP contribution < -0.4 is 10.2 Å². The van der Waals surface area contributed by atoms with Crippen LogP contribution >= 0.6 is 11.6 Å². The van der Waals surface area contributed by atoms with E-state index < -0.39 is 16.7 Å². The molecule has 0 bridgehead atoms. The molecule has 4 rings (SSSR count). The van der Waals surface area contributed by atoms with Gasteiger partial charge in [0.1, 0.15) is 5.70 Å². The van der Waals surface area contributed by atoms with Crippen LogP contribution in [-0.4, -0.2) is 16.7 Å². The van der Waals surface area contributed by atoms with E-state index in [9.17, 15) is 19.7 Å². The largest absolute Gasteiger partial charge is 0.350 e. The fourth-order valence-electron chi connectivity index (χ4n) is 3.58. The Labute approximate surface area is 195 Å².